The Morgan fingerprint density at radius 1 is 1.23 bits per heavy atom. The molecule has 0 aliphatic heterocycles. The zero-order valence-electron chi connectivity index (χ0n) is 8.20. The zero-order chi connectivity index (χ0) is 10.1. The predicted octanol–water partition coefficient (Wildman–Crippen LogP) is 1.91. The van der Waals surface area contributed by atoms with Crippen molar-refractivity contribution in [3.8, 4) is 0 Å². The van der Waals surface area contributed by atoms with Crippen LogP contribution in [-0.4, -0.2) is 20.1 Å². The fourth-order valence-corrected chi connectivity index (χ4v) is 0.725. The zero-order valence-corrected chi connectivity index (χ0v) is 8.20. The van der Waals surface area contributed by atoms with Crippen LogP contribution < -0.4 is 5.32 Å². The van der Waals surface area contributed by atoms with Crippen LogP contribution in [0, 0.1) is 0 Å². The van der Waals surface area contributed by atoms with E-state index in [0.29, 0.717) is 0 Å². The summed E-state index contributed by atoms with van der Waals surface area (Å²) in [6, 6.07) is 9.37. The lowest BCUT2D eigenvalue weighted by atomic mass is 10.3. The van der Waals surface area contributed by atoms with Crippen LogP contribution in [0.5, 0.6) is 0 Å². The summed E-state index contributed by atoms with van der Waals surface area (Å²) in [6.45, 7) is 1.49. The first-order valence-corrected chi connectivity index (χ1v) is 3.93. The number of methoxy groups -OCH3 is 1. The van der Waals surface area contributed by atoms with Crippen molar-refractivity contribution in [2.24, 2.45) is 0 Å². The van der Waals surface area contributed by atoms with E-state index in [1.54, 1.807) is 14.2 Å². The summed E-state index contributed by atoms with van der Waals surface area (Å²) < 4.78 is 4.25. The van der Waals surface area contributed by atoms with E-state index < -0.39 is 0 Å². The maximum absolute atomic E-state index is 10.5. The first-order chi connectivity index (χ1) is 6.20. The number of hydrogen-bond donors (Lipinski definition) is 1. The summed E-state index contributed by atoms with van der Waals surface area (Å²) in [5, 5.41) is 2.67. The number of carbonyl (C=O) groups is 1. The van der Waals surface area contributed by atoms with Crippen LogP contribution in [-0.2, 0) is 9.53 Å². The van der Waals surface area contributed by atoms with Crippen LogP contribution in [0.3, 0.4) is 0 Å². The number of para-hydroxylation sites is 1. The summed E-state index contributed by atoms with van der Waals surface area (Å²) in [6.07, 6.45) is 0. The predicted molar refractivity (Wildman–Crippen MR) is 53.7 cm³/mol. The van der Waals surface area contributed by atoms with Crippen LogP contribution >= 0.6 is 0 Å². The molecule has 13 heavy (non-hydrogen) atoms. The third-order valence-corrected chi connectivity index (χ3v) is 1.09. The van der Waals surface area contributed by atoms with Gasteiger partial charge in [-0.2, -0.15) is 0 Å². The number of carbonyl (C=O) groups excluding carboxylic acids is 1. The third-order valence-electron chi connectivity index (χ3n) is 1.09. The Balaban J connectivity index is 0.000000424. The Morgan fingerprint density at radius 3 is 2.08 bits per heavy atom. The van der Waals surface area contributed by atoms with Crippen molar-refractivity contribution in [2.75, 3.05) is 19.5 Å². The Bertz CT molecular complexity index is 234. The van der Waals surface area contributed by atoms with Crippen molar-refractivity contribution in [1.82, 2.24) is 0 Å². The lowest BCUT2D eigenvalue weighted by Crippen LogP contribution is -2.04. The van der Waals surface area contributed by atoms with E-state index in [1.165, 1.54) is 6.92 Å². The Kier molecular flexibility index (Phi) is 6.55. The van der Waals surface area contributed by atoms with Crippen molar-refractivity contribution in [3.05, 3.63) is 30.3 Å². The van der Waals surface area contributed by atoms with Crippen LogP contribution in [0.1, 0.15) is 6.92 Å². The second kappa shape index (κ2) is 7.31. The molecule has 0 aliphatic carbocycles. The molecule has 1 amide bonds. The van der Waals surface area contributed by atoms with Crippen molar-refractivity contribution in [1.29, 1.82) is 0 Å². The van der Waals surface area contributed by atoms with Gasteiger partial charge < -0.3 is 10.1 Å². The van der Waals surface area contributed by atoms with Crippen molar-refractivity contribution >= 4 is 11.6 Å². The number of amides is 1. The van der Waals surface area contributed by atoms with E-state index in [9.17, 15) is 4.79 Å². The van der Waals surface area contributed by atoms with Gasteiger partial charge in [0.1, 0.15) is 0 Å². The quantitative estimate of drug-likeness (QED) is 0.718. The highest BCUT2D eigenvalue weighted by Gasteiger charge is 1.90. The van der Waals surface area contributed by atoms with Gasteiger partial charge in [-0.15, -0.1) is 0 Å². The molecule has 0 spiro atoms. The van der Waals surface area contributed by atoms with Crippen LogP contribution in [0.15, 0.2) is 30.3 Å². The van der Waals surface area contributed by atoms with E-state index in [-0.39, 0.29) is 5.91 Å². The summed E-state index contributed by atoms with van der Waals surface area (Å²) >= 11 is 0. The van der Waals surface area contributed by atoms with Gasteiger partial charge in [-0.1, -0.05) is 18.2 Å². The molecule has 0 fully saturated rings. The first kappa shape index (κ1) is 11.6. The van der Waals surface area contributed by atoms with E-state index in [4.69, 9.17) is 0 Å². The highest BCUT2D eigenvalue weighted by Crippen LogP contribution is 2.03. The molecular weight excluding hydrogens is 166 g/mol. The Hall–Kier alpha value is -1.35. The van der Waals surface area contributed by atoms with Crippen molar-refractivity contribution in [3.63, 3.8) is 0 Å². The van der Waals surface area contributed by atoms with E-state index in [0.717, 1.165) is 5.69 Å². The molecule has 1 N–H and O–H groups in total. The molecule has 0 unspecified atom stereocenters. The van der Waals surface area contributed by atoms with Crippen molar-refractivity contribution in [2.45, 2.75) is 6.92 Å². The normalized spacial score (nSPS) is 8.23. The van der Waals surface area contributed by atoms with Gasteiger partial charge in [0.05, 0.1) is 0 Å². The largest absolute Gasteiger partial charge is 0.388 e. The summed E-state index contributed by atoms with van der Waals surface area (Å²) in [5.74, 6) is -0.0359. The number of benzene rings is 1. The molecule has 3 heteroatoms. The van der Waals surface area contributed by atoms with Gasteiger partial charge in [0.15, 0.2) is 0 Å². The average molecular weight is 181 g/mol. The number of ether oxygens (including phenoxy) is 1. The van der Waals surface area contributed by atoms with E-state index in [1.807, 2.05) is 30.3 Å². The van der Waals surface area contributed by atoms with Gasteiger partial charge in [-0.3, -0.25) is 4.79 Å². The molecular formula is C10H15NO2. The Morgan fingerprint density at radius 2 is 1.69 bits per heavy atom. The molecule has 0 atom stereocenters. The number of anilines is 1. The number of rotatable bonds is 1. The molecule has 0 heterocycles. The molecule has 3 nitrogen and oxygen atoms in total. The molecule has 1 rings (SSSR count). The van der Waals surface area contributed by atoms with Crippen molar-refractivity contribution < 1.29 is 9.53 Å². The third kappa shape index (κ3) is 7.03. The standard InChI is InChI=1S/C8H9NO.C2H6O/c1-7(10)9-8-5-3-2-4-6-8;1-3-2/h2-6H,1H3,(H,9,10);1-2H3. The molecule has 72 valence electrons. The molecule has 0 radical (unpaired) electrons. The summed E-state index contributed by atoms with van der Waals surface area (Å²) in [4.78, 5) is 10.5. The average Bonchev–Trinajstić information content (AvgIpc) is 2.06. The van der Waals surface area contributed by atoms with Gasteiger partial charge in [-0.25, -0.2) is 0 Å². The lowest BCUT2D eigenvalue weighted by Gasteiger charge is -1.98. The van der Waals surface area contributed by atoms with E-state index >= 15 is 0 Å². The summed E-state index contributed by atoms with van der Waals surface area (Å²) in [5.41, 5.74) is 0.843. The molecule has 1 aromatic carbocycles. The highest BCUT2D eigenvalue weighted by molar-refractivity contribution is 5.88. The first-order valence-electron chi connectivity index (χ1n) is 3.93. The second-order valence-corrected chi connectivity index (χ2v) is 2.46. The van der Waals surface area contributed by atoms with Gasteiger partial charge >= 0.3 is 0 Å². The van der Waals surface area contributed by atoms with Gasteiger partial charge in [-0.05, 0) is 12.1 Å². The minimum atomic E-state index is -0.0359. The summed E-state index contributed by atoms with van der Waals surface area (Å²) in [7, 11) is 3.25. The molecule has 0 saturated heterocycles. The molecule has 0 bridgehead atoms. The lowest BCUT2D eigenvalue weighted by molar-refractivity contribution is -0.114. The Labute approximate surface area is 78.7 Å². The van der Waals surface area contributed by atoms with Gasteiger partial charge in [0.25, 0.3) is 0 Å². The fourth-order valence-electron chi connectivity index (χ4n) is 0.725. The fraction of sp³-hybridized carbons (Fsp3) is 0.300. The minimum absolute atomic E-state index is 0.0359. The SMILES string of the molecule is CC(=O)Nc1ccccc1.COC. The second-order valence-electron chi connectivity index (χ2n) is 2.46. The maximum atomic E-state index is 10.5. The topological polar surface area (TPSA) is 38.3 Å². The van der Waals surface area contributed by atoms with Gasteiger partial charge in [0.2, 0.25) is 5.91 Å². The van der Waals surface area contributed by atoms with Crippen LogP contribution in [0.25, 0.3) is 0 Å². The molecule has 0 aliphatic rings. The molecule has 0 aromatic heterocycles. The molecule has 0 saturated carbocycles. The molecule has 1 aromatic rings. The minimum Gasteiger partial charge on any atom is -0.388 e. The number of hydrogen-bond acceptors (Lipinski definition) is 2. The highest BCUT2D eigenvalue weighted by atomic mass is 16.4. The number of nitrogens with one attached hydrogen (secondary N) is 1. The maximum Gasteiger partial charge on any atom is 0.221 e. The van der Waals surface area contributed by atoms with Crippen LogP contribution in [0.4, 0.5) is 5.69 Å². The monoisotopic (exact) mass is 181 g/mol. The smallest absolute Gasteiger partial charge is 0.221 e. The van der Waals surface area contributed by atoms with Crippen LogP contribution in [0.2, 0.25) is 0 Å². The van der Waals surface area contributed by atoms with Gasteiger partial charge in [0, 0.05) is 26.8 Å². The van der Waals surface area contributed by atoms with E-state index in [2.05, 4.69) is 10.1 Å².